The molecular formula is C28H37N7O7. The lowest BCUT2D eigenvalue weighted by Gasteiger charge is -2.38. The van der Waals surface area contributed by atoms with Gasteiger partial charge in [-0.1, -0.05) is 23.3 Å². The Bertz CT molecular complexity index is 1430. The summed E-state index contributed by atoms with van der Waals surface area (Å²) in [4.78, 5) is 42.8. The van der Waals surface area contributed by atoms with E-state index in [1.807, 2.05) is 6.92 Å². The van der Waals surface area contributed by atoms with Gasteiger partial charge in [0.15, 0.2) is 17.3 Å². The first-order valence-electron chi connectivity index (χ1n) is 13.6. The Labute approximate surface area is 243 Å². The third-order valence-corrected chi connectivity index (χ3v) is 7.28. The molecule has 2 aromatic heterocycles. The number of aromatic nitrogens is 2. The number of benzene rings is 1. The number of fused-ring (bicyclic) bond motifs is 1. The van der Waals surface area contributed by atoms with Gasteiger partial charge < -0.3 is 44.6 Å². The highest BCUT2D eigenvalue weighted by Crippen LogP contribution is 2.35. The standard InChI is InChI=1S/C28H37N7O7/c1-14-11-35(15(2)13-36)26(37)20-9-8-10-21(29-27(38)30-23-16(3)32-41-18(23)5)25(20)40-22(14)12-34(7)28(39)31-24-17(4)33-42-19(24)6/h8-10,14-15,22,36H,11-13H2,1-7H3,(H,31,39)(H2,29,30,38)/t14-,15-,22-/m0/s1. The van der Waals surface area contributed by atoms with Crippen LogP contribution in [0.4, 0.5) is 26.7 Å². The molecule has 0 saturated carbocycles. The van der Waals surface area contributed by atoms with Crippen LogP contribution in [0.25, 0.3) is 0 Å². The lowest BCUT2D eigenvalue weighted by molar-refractivity contribution is 0.0373. The minimum absolute atomic E-state index is 0.144. The van der Waals surface area contributed by atoms with E-state index in [0.29, 0.717) is 34.3 Å². The van der Waals surface area contributed by atoms with E-state index in [4.69, 9.17) is 13.8 Å². The number of urea groups is 2. The third-order valence-electron chi connectivity index (χ3n) is 7.28. The maximum absolute atomic E-state index is 13.7. The highest BCUT2D eigenvalue weighted by molar-refractivity contribution is 6.04. The molecule has 226 valence electrons. The van der Waals surface area contributed by atoms with Crippen LogP contribution >= 0.6 is 0 Å². The number of aliphatic hydroxyl groups excluding tert-OH is 1. The van der Waals surface area contributed by atoms with Gasteiger partial charge in [0.25, 0.3) is 5.91 Å². The molecule has 0 saturated heterocycles. The Balaban J connectivity index is 1.64. The number of nitrogens with one attached hydrogen (secondary N) is 3. The smallest absolute Gasteiger partial charge is 0.323 e. The van der Waals surface area contributed by atoms with Gasteiger partial charge in [0, 0.05) is 19.5 Å². The molecule has 0 bridgehead atoms. The van der Waals surface area contributed by atoms with Crippen LogP contribution in [0.2, 0.25) is 0 Å². The van der Waals surface area contributed by atoms with Gasteiger partial charge in [-0.2, -0.15) is 0 Å². The van der Waals surface area contributed by atoms with E-state index in [1.54, 1.807) is 64.8 Å². The second-order valence-electron chi connectivity index (χ2n) is 10.6. The summed E-state index contributed by atoms with van der Waals surface area (Å²) in [7, 11) is 1.63. The molecule has 0 spiro atoms. The number of aliphatic hydroxyl groups is 1. The summed E-state index contributed by atoms with van der Waals surface area (Å²) in [5, 5.41) is 25.9. The first kappa shape index (κ1) is 30.4. The van der Waals surface area contributed by atoms with Crippen LogP contribution in [0.15, 0.2) is 27.2 Å². The van der Waals surface area contributed by atoms with E-state index < -0.39 is 24.2 Å². The van der Waals surface area contributed by atoms with Gasteiger partial charge in [-0.3, -0.25) is 4.79 Å². The fourth-order valence-electron chi connectivity index (χ4n) is 4.70. The highest BCUT2D eigenvalue weighted by Gasteiger charge is 2.35. The van der Waals surface area contributed by atoms with Crippen molar-refractivity contribution < 1.29 is 33.3 Å². The van der Waals surface area contributed by atoms with E-state index in [9.17, 15) is 19.5 Å². The zero-order valence-electron chi connectivity index (χ0n) is 24.8. The molecule has 0 unspecified atom stereocenters. The topological polar surface area (TPSA) is 175 Å². The highest BCUT2D eigenvalue weighted by atomic mass is 16.5. The van der Waals surface area contributed by atoms with Crippen molar-refractivity contribution in [3.05, 3.63) is 46.7 Å². The zero-order chi connectivity index (χ0) is 30.7. The number of nitrogens with zero attached hydrogens (tertiary/aromatic N) is 4. The van der Waals surface area contributed by atoms with Crippen LogP contribution < -0.4 is 20.7 Å². The van der Waals surface area contributed by atoms with Crippen molar-refractivity contribution in [2.75, 3.05) is 42.7 Å². The summed E-state index contributed by atoms with van der Waals surface area (Å²) >= 11 is 0. The SMILES string of the molecule is Cc1noc(C)c1NC(=O)Nc1cccc2c1O[C@@H](CN(C)C(=O)Nc1c(C)noc1C)[C@@H](C)CN([C@@H](C)CO)C2=O. The van der Waals surface area contributed by atoms with Crippen molar-refractivity contribution >= 4 is 35.0 Å². The molecule has 1 aliphatic heterocycles. The Morgan fingerprint density at radius 2 is 1.69 bits per heavy atom. The minimum atomic E-state index is -0.598. The Morgan fingerprint density at radius 3 is 2.26 bits per heavy atom. The molecule has 3 aromatic rings. The van der Waals surface area contributed by atoms with Gasteiger partial charge in [0.1, 0.15) is 28.9 Å². The summed E-state index contributed by atoms with van der Waals surface area (Å²) < 4.78 is 16.7. The molecule has 42 heavy (non-hydrogen) atoms. The minimum Gasteiger partial charge on any atom is -0.485 e. The van der Waals surface area contributed by atoms with Crippen molar-refractivity contribution in [2.45, 2.75) is 53.7 Å². The number of amides is 5. The molecule has 14 nitrogen and oxygen atoms in total. The van der Waals surface area contributed by atoms with Gasteiger partial charge >= 0.3 is 12.1 Å². The van der Waals surface area contributed by atoms with Gasteiger partial charge in [0.2, 0.25) is 0 Å². The normalized spacial score (nSPS) is 17.4. The number of likely N-dealkylation sites (N-methyl/N-ethyl adjacent to an activating group) is 1. The predicted octanol–water partition coefficient (Wildman–Crippen LogP) is 3.92. The van der Waals surface area contributed by atoms with Crippen LogP contribution in [-0.2, 0) is 0 Å². The fraction of sp³-hybridized carbons (Fsp3) is 0.464. The third kappa shape index (κ3) is 6.33. The summed E-state index contributed by atoms with van der Waals surface area (Å²) in [6, 6.07) is 3.40. The summed E-state index contributed by atoms with van der Waals surface area (Å²) in [5.74, 6) is 0.461. The number of aryl methyl sites for hydroxylation is 4. The lowest BCUT2D eigenvalue weighted by Crippen LogP contribution is -2.50. The van der Waals surface area contributed by atoms with Gasteiger partial charge in [-0.15, -0.1) is 0 Å². The van der Waals surface area contributed by atoms with E-state index in [-0.39, 0.29) is 48.5 Å². The largest absolute Gasteiger partial charge is 0.485 e. The van der Waals surface area contributed by atoms with Crippen LogP contribution in [0.1, 0.15) is 47.1 Å². The first-order chi connectivity index (χ1) is 19.9. The summed E-state index contributed by atoms with van der Waals surface area (Å²) in [6.07, 6.45) is -0.598. The number of anilines is 3. The zero-order valence-corrected chi connectivity index (χ0v) is 24.8. The van der Waals surface area contributed by atoms with Gasteiger partial charge in [-0.05, 0) is 46.8 Å². The fourth-order valence-corrected chi connectivity index (χ4v) is 4.70. The molecule has 4 N–H and O–H groups in total. The molecule has 0 fully saturated rings. The van der Waals surface area contributed by atoms with Crippen LogP contribution in [0, 0.1) is 33.6 Å². The molecule has 4 rings (SSSR count). The van der Waals surface area contributed by atoms with Crippen molar-refractivity contribution in [1.82, 2.24) is 20.1 Å². The number of carbonyl (C=O) groups excluding carboxylic acids is 3. The molecular weight excluding hydrogens is 546 g/mol. The average Bonchev–Trinajstić information content (AvgIpc) is 3.44. The van der Waals surface area contributed by atoms with E-state index in [0.717, 1.165) is 0 Å². The molecule has 5 amide bonds. The number of hydrogen-bond acceptors (Lipinski definition) is 9. The molecule has 0 aliphatic carbocycles. The molecule has 14 heteroatoms. The Morgan fingerprint density at radius 1 is 1.07 bits per heavy atom. The van der Waals surface area contributed by atoms with Crippen LogP contribution in [0.5, 0.6) is 5.75 Å². The van der Waals surface area contributed by atoms with Crippen LogP contribution in [0.3, 0.4) is 0 Å². The summed E-state index contributed by atoms with van der Waals surface area (Å²) in [5.41, 5.74) is 2.46. The Kier molecular flexibility index (Phi) is 9.05. The number of carbonyl (C=O) groups is 3. The van der Waals surface area contributed by atoms with E-state index >= 15 is 0 Å². The van der Waals surface area contributed by atoms with E-state index in [1.165, 1.54) is 4.90 Å². The van der Waals surface area contributed by atoms with E-state index in [2.05, 4.69) is 26.3 Å². The number of rotatable bonds is 7. The van der Waals surface area contributed by atoms with Crippen molar-refractivity contribution in [3.8, 4) is 5.75 Å². The molecule has 1 aliphatic rings. The monoisotopic (exact) mass is 583 g/mol. The molecule has 1 aromatic carbocycles. The molecule has 3 atom stereocenters. The van der Waals surface area contributed by atoms with Gasteiger partial charge in [-0.25, -0.2) is 9.59 Å². The maximum Gasteiger partial charge on any atom is 0.323 e. The maximum atomic E-state index is 13.7. The molecule has 3 heterocycles. The number of hydrogen-bond donors (Lipinski definition) is 4. The Hall–Kier alpha value is -4.59. The molecule has 0 radical (unpaired) electrons. The van der Waals surface area contributed by atoms with Crippen molar-refractivity contribution in [2.24, 2.45) is 5.92 Å². The summed E-state index contributed by atoms with van der Waals surface area (Å²) in [6.45, 7) is 10.6. The lowest BCUT2D eigenvalue weighted by atomic mass is 9.99. The second kappa shape index (κ2) is 12.5. The van der Waals surface area contributed by atoms with Crippen molar-refractivity contribution in [3.63, 3.8) is 0 Å². The van der Waals surface area contributed by atoms with Crippen LogP contribution in [-0.4, -0.2) is 82.1 Å². The van der Waals surface area contributed by atoms with Gasteiger partial charge in [0.05, 0.1) is 30.4 Å². The first-order valence-corrected chi connectivity index (χ1v) is 13.6. The average molecular weight is 584 g/mol. The predicted molar refractivity (Wildman–Crippen MR) is 154 cm³/mol. The number of ether oxygens (including phenoxy) is 1. The second-order valence-corrected chi connectivity index (χ2v) is 10.6. The van der Waals surface area contributed by atoms with Crippen molar-refractivity contribution in [1.29, 1.82) is 0 Å². The quantitative estimate of drug-likeness (QED) is 0.321. The number of para-hydroxylation sites is 1.